The smallest absolute Gasteiger partial charge is 0.188 e. The van der Waals surface area contributed by atoms with E-state index in [0.29, 0.717) is 25.2 Å². The summed E-state index contributed by atoms with van der Waals surface area (Å²) in [7, 11) is 0. The number of hydrogen-bond acceptors (Lipinski definition) is 2. The van der Waals surface area contributed by atoms with E-state index in [1.165, 1.54) is 44.1 Å². The number of hydrogen-bond donors (Lipinski definition) is 2. The number of terminal acetylenes is 1. The Morgan fingerprint density at radius 1 is 1.22 bits per heavy atom. The van der Waals surface area contributed by atoms with Crippen molar-refractivity contribution in [2.24, 2.45) is 10.7 Å². The number of nitrogens with zero attached hydrogens (tertiary/aromatic N) is 1. The molecule has 4 heteroatoms. The minimum absolute atomic E-state index is 0.299. The van der Waals surface area contributed by atoms with Crippen LogP contribution < -0.4 is 15.8 Å². The quantitative estimate of drug-likeness (QED) is 0.367. The molecule has 3 N–H and O–H groups in total. The third-order valence-electron chi connectivity index (χ3n) is 4.14. The zero-order valence-electron chi connectivity index (χ0n) is 13.8. The van der Waals surface area contributed by atoms with Crippen LogP contribution in [0.5, 0.6) is 5.75 Å². The summed E-state index contributed by atoms with van der Waals surface area (Å²) in [5, 5.41) is 3.37. The monoisotopic (exact) mass is 313 g/mol. The molecule has 1 saturated carbocycles. The summed E-state index contributed by atoms with van der Waals surface area (Å²) in [5.41, 5.74) is 7.21. The highest BCUT2D eigenvalue weighted by atomic mass is 16.5. The maximum absolute atomic E-state index is 6.00. The van der Waals surface area contributed by atoms with Gasteiger partial charge in [-0.2, -0.15) is 0 Å². The van der Waals surface area contributed by atoms with Crippen molar-refractivity contribution >= 4 is 5.96 Å². The Morgan fingerprint density at radius 2 is 1.91 bits per heavy atom. The molecular formula is C19H27N3O. The summed E-state index contributed by atoms with van der Waals surface area (Å²) in [4.78, 5) is 4.44. The molecule has 1 fully saturated rings. The Hall–Kier alpha value is -2.15. The van der Waals surface area contributed by atoms with E-state index in [9.17, 15) is 0 Å². The number of benzene rings is 1. The van der Waals surface area contributed by atoms with Gasteiger partial charge in [-0.25, -0.2) is 0 Å². The number of nitrogens with two attached hydrogens (primary N) is 1. The normalized spacial score (nSPS) is 16.4. The molecule has 0 aromatic heterocycles. The van der Waals surface area contributed by atoms with Gasteiger partial charge in [0.25, 0.3) is 0 Å². The summed E-state index contributed by atoms with van der Waals surface area (Å²) < 4.78 is 5.35. The van der Waals surface area contributed by atoms with Crippen LogP contribution in [-0.4, -0.2) is 25.2 Å². The topological polar surface area (TPSA) is 59.6 Å². The van der Waals surface area contributed by atoms with Crippen molar-refractivity contribution in [2.45, 2.75) is 51.0 Å². The summed E-state index contributed by atoms with van der Waals surface area (Å²) in [5.74, 6) is 3.82. The van der Waals surface area contributed by atoms with Crippen LogP contribution in [0.2, 0.25) is 0 Å². The zero-order chi connectivity index (χ0) is 16.3. The summed E-state index contributed by atoms with van der Waals surface area (Å²) in [6.45, 7) is 0.989. The van der Waals surface area contributed by atoms with Crippen LogP contribution in [0.1, 0.15) is 44.1 Å². The van der Waals surface area contributed by atoms with Crippen molar-refractivity contribution < 1.29 is 4.74 Å². The molecule has 0 atom stereocenters. The van der Waals surface area contributed by atoms with Gasteiger partial charge in [-0.15, -0.1) is 6.42 Å². The fourth-order valence-electron chi connectivity index (χ4n) is 2.86. The number of guanidine groups is 1. The lowest BCUT2D eigenvalue weighted by Gasteiger charge is -2.16. The Bertz CT molecular complexity index is 523. The summed E-state index contributed by atoms with van der Waals surface area (Å²) in [6.07, 6.45) is 13.7. The Kier molecular flexibility index (Phi) is 7.32. The molecular weight excluding hydrogens is 286 g/mol. The third kappa shape index (κ3) is 6.65. The van der Waals surface area contributed by atoms with Crippen LogP contribution in [0.3, 0.4) is 0 Å². The van der Waals surface area contributed by atoms with Gasteiger partial charge >= 0.3 is 0 Å². The Labute approximate surface area is 139 Å². The van der Waals surface area contributed by atoms with Gasteiger partial charge in [-0.3, -0.25) is 4.99 Å². The third-order valence-corrected chi connectivity index (χ3v) is 4.14. The van der Waals surface area contributed by atoms with Crippen LogP contribution in [0, 0.1) is 12.3 Å². The second-order valence-corrected chi connectivity index (χ2v) is 5.99. The fraction of sp³-hybridized carbons (Fsp3) is 0.526. The van der Waals surface area contributed by atoms with Gasteiger partial charge in [-0.05, 0) is 37.0 Å². The lowest BCUT2D eigenvalue weighted by molar-refractivity contribution is 0.370. The van der Waals surface area contributed by atoms with Gasteiger partial charge in [0.1, 0.15) is 12.4 Å². The maximum Gasteiger partial charge on any atom is 0.188 e. The highest BCUT2D eigenvalue weighted by Crippen LogP contribution is 2.17. The lowest BCUT2D eigenvalue weighted by atomic mass is 10.1. The van der Waals surface area contributed by atoms with Crippen molar-refractivity contribution in [1.29, 1.82) is 0 Å². The molecule has 0 radical (unpaired) electrons. The molecule has 4 nitrogen and oxygen atoms in total. The van der Waals surface area contributed by atoms with Crippen LogP contribution in [0.15, 0.2) is 29.3 Å². The van der Waals surface area contributed by atoms with E-state index >= 15 is 0 Å². The first kappa shape index (κ1) is 17.2. The molecule has 2 rings (SSSR count). The van der Waals surface area contributed by atoms with Gasteiger partial charge in [-0.1, -0.05) is 43.7 Å². The average molecular weight is 313 g/mol. The number of nitrogens with one attached hydrogen (secondary N) is 1. The first-order chi connectivity index (χ1) is 11.3. The van der Waals surface area contributed by atoms with E-state index in [-0.39, 0.29) is 0 Å². The summed E-state index contributed by atoms with van der Waals surface area (Å²) >= 11 is 0. The zero-order valence-corrected chi connectivity index (χ0v) is 13.8. The van der Waals surface area contributed by atoms with Gasteiger partial charge in [0.2, 0.25) is 0 Å². The van der Waals surface area contributed by atoms with Crippen LogP contribution >= 0.6 is 0 Å². The van der Waals surface area contributed by atoms with Crippen LogP contribution in [0.4, 0.5) is 0 Å². The number of rotatable bonds is 6. The van der Waals surface area contributed by atoms with E-state index in [0.717, 1.165) is 12.2 Å². The molecule has 1 aliphatic carbocycles. The predicted octanol–water partition coefficient (Wildman–Crippen LogP) is 2.87. The van der Waals surface area contributed by atoms with Gasteiger partial charge in [0.05, 0.1) is 0 Å². The molecule has 124 valence electrons. The lowest BCUT2D eigenvalue weighted by Crippen LogP contribution is -2.40. The minimum atomic E-state index is 0.299. The van der Waals surface area contributed by atoms with E-state index in [4.69, 9.17) is 16.9 Å². The molecule has 0 aliphatic heterocycles. The largest absolute Gasteiger partial charge is 0.481 e. The molecule has 0 saturated heterocycles. The van der Waals surface area contributed by atoms with Gasteiger partial charge in [0.15, 0.2) is 5.96 Å². The second-order valence-electron chi connectivity index (χ2n) is 5.99. The predicted molar refractivity (Wildman–Crippen MR) is 95.6 cm³/mol. The molecule has 1 aliphatic rings. The number of ether oxygens (including phenoxy) is 1. The Balaban J connectivity index is 1.73. The van der Waals surface area contributed by atoms with Crippen molar-refractivity contribution in [3.05, 3.63) is 29.8 Å². The van der Waals surface area contributed by atoms with Crippen molar-refractivity contribution in [1.82, 2.24) is 5.32 Å². The van der Waals surface area contributed by atoms with E-state index in [1.54, 1.807) is 0 Å². The first-order valence-corrected chi connectivity index (χ1v) is 8.49. The molecule has 0 unspecified atom stereocenters. The standard InChI is InChI=1S/C19H27N3O/c1-2-15-23-18-11-9-16(10-12-18)13-14-21-19(20)22-17-7-5-3-4-6-8-17/h1,9-12,17H,3-8,13-15H2,(H3,20,21,22). The van der Waals surface area contributed by atoms with Crippen molar-refractivity contribution in [2.75, 3.05) is 13.2 Å². The van der Waals surface area contributed by atoms with Gasteiger partial charge < -0.3 is 15.8 Å². The molecule has 1 aromatic carbocycles. The molecule has 1 aromatic rings. The van der Waals surface area contributed by atoms with E-state index in [2.05, 4.69) is 16.2 Å². The average Bonchev–Trinajstić information content (AvgIpc) is 2.83. The van der Waals surface area contributed by atoms with E-state index in [1.807, 2.05) is 24.3 Å². The van der Waals surface area contributed by atoms with Gasteiger partial charge in [0, 0.05) is 12.6 Å². The maximum atomic E-state index is 6.00. The first-order valence-electron chi connectivity index (χ1n) is 8.49. The molecule has 0 bridgehead atoms. The molecule has 0 heterocycles. The van der Waals surface area contributed by atoms with Crippen molar-refractivity contribution in [3.8, 4) is 18.1 Å². The number of aliphatic imine (C=N–C) groups is 1. The van der Waals surface area contributed by atoms with Crippen molar-refractivity contribution in [3.63, 3.8) is 0 Å². The molecule has 0 spiro atoms. The highest BCUT2D eigenvalue weighted by Gasteiger charge is 2.12. The Morgan fingerprint density at radius 3 is 2.57 bits per heavy atom. The minimum Gasteiger partial charge on any atom is -0.481 e. The highest BCUT2D eigenvalue weighted by molar-refractivity contribution is 5.78. The second kappa shape index (κ2) is 9.78. The fourth-order valence-corrected chi connectivity index (χ4v) is 2.86. The van der Waals surface area contributed by atoms with Crippen LogP contribution in [-0.2, 0) is 6.42 Å². The molecule has 0 amide bonds. The van der Waals surface area contributed by atoms with Crippen LogP contribution in [0.25, 0.3) is 0 Å². The van der Waals surface area contributed by atoms with E-state index < -0.39 is 0 Å². The SMILES string of the molecule is C#CCOc1ccc(CCN=C(N)NC2CCCCCC2)cc1. The summed E-state index contributed by atoms with van der Waals surface area (Å²) in [6, 6.07) is 8.44. The molecule has 23 heavy (non-hydrogen) atoms.